The van der Waals surface area contributed by atoms with E-state index in [1.807, 2.05) is 0 Å². The Morgan fingerprint density at radius 3 is 2.54 bits per heavy atom. The number of aromatic nitrogens is 1. The molecule has 1 aromatic heterocycles. The average Bonchev–Trinajstić information content (AvgIpc) is 2.78. The molecule has 1 heterocycles. The molecule has 3 aromatic rings. The van der Waals surface area contributed by atoms with Crippen LogP contribution in [0.4, 0.5) is 10.1 Å². The maximum atomic E-state index is 14.0. The summed E-state index contributed by atoms with van der Waals surface area (Å²) < 4.78 is 19.4. The second kappa shape index (κ2) is 10.4. The van der Waals surface area contributed by atoms with E-state index >= 15 is 0 Å². The van der Waals surface area contributed by atoms with Gasteiger partial charge in [0.1, 0.15) is 11.6 Å². The lowest BCUT2D eigenvalue weighted by atomic mass is 9.91. The zero-order valence-corrected chi connectivity index (χ0v) is 19.5. The van der Waals surface area contributed by atoms with E-state index in [1.165, 1.54) is 30.5 Å². The van der Waals surface area contributed by atoms with E-state index in [9.17, 15) is 18.8 Å². The van der Waals surface area contributed by atoms with Crippen LogP contribution < -0.4 is 11.1 Å². The maximum Gasteiger partial charge on any atom is 0.328 e. The molecule has 1 unspecified atom stereocenters. The lowest BCUT2D eigenvalue weighted by Crippen LogP contribution is -2.32. The highest BCUT2D eigenvalue weighted by molar-refractivity contribution is 6.05. The van der Waals surface area contributed by atoms with Crippen LogP contribution >= 0.6 is 0 Å². The van der Waals surface area contributed by atoms with Gasteiger partial charge in [-0.05, 0) is 61.2 Å². The summed E-state index contributed by atoms with van der Waals surface area (Å²) in [6.45, 7) is 5.17. The summed E-state index contributed by atoms with van der Waals surface area (Å²) in [7, 11) is 0. The third-order valence-corrected chi connectivity index (χ3v) is 4.93. The zero-order chi connectivity index (χ0) is 25.8. The summed E-state index contributed by atoms with van der Waals surface area (Å²) in [5, 5.41) is 11.7. The molecule has 2 aromatic carbocycles. The highest BCUT2D eigenvalue weighted by Gasteiger charge is 2.26. The third-order valence-electron chi connectivity index (χ3n) is 4.93. The SMILES string of the molecule is CC(C)(C)OC(=O)C(N)c1ccc(C(=O)Nc2ccncc2F)cc1-c1cccc(CC(=O)O)c1. The number of anilines is 1. The van der Waals surface area contributed by atoms with Crippen LogP contribution in [-0.4, -0.2) is 33.5 Å². The molecule has 1 atom stereocenters. The van der Waals surface area contributed by atoms with Crippen LogP contribution in [0.15, 0.2) is 60.9 Å². The normalized spacial score (nSPS) is 12.0. The van der Waals surface area contributed by atoms with Crippen molar-refractivity contribution in [3.63, 3.8) is 0 Å². The number of rotatable bonds is 7. The van der Waals surface area contributed by atoms with Crippen LogP contribution in [0.5, 0.6) is 0 Å². The Kier molecular flexibility index (Phi) is 7.61. The number of carboxylic acids is 1. The van der Waals surface area contributed by atoms with Gasteiger partial charge in [-0.2, -0.15) is 0 Å². The topological polar surface area (TPSA) is 132 Å². The first kappa shape index (κ1) is 25.5. The number of halogens is 1. The Morgan fingerprint density at radius 2 is 1.89 bits per heavy atom. The molecular formula is C26H26FN3O5. The number of amides is 1. The summed E-state index contributed by atoms with van der Waals surface area (Å²) in [5.74, 6) is -2.93. The van der Waals surface area contributed by atoms with Crippen LogP contribution in [-0.2, 0) is 20.7 Å². The van der Waals surface area contributed by atoms with E-state index in [-0.39, 0.29) is 17.7 Å². The van der Waals surface area contributed by atoms with Crippen molar-refractivity contribution in [1.82, 2.24) is 4.98 Å². The smallest absolute Gasteiger partial charge is 0.328 e. The zero-order valence-electron chi connectivity index (χ0n) is 19.5. The average molecular weight is 480 g/mol. The number of nitrogens with one attached hydrogen (secondary N) is 1. The van der Waals surface area contributed by atoms with Gasteiger partial charge in [0.25, 0.3) is 5.91 Å². The number of hydrogen-bond donors (Lipinski definition) is 3. The number of esters is 1. The van der Waals surface area contributed by atoms with E-state index in [4.69, 9.17) is 15.6 Å². The number of benzene rings is 2. The van der Waals surface area contributed by atoms with Crippen LogP contribution in [0.1, 0.15) is 48.3 Å². The van der Waals surface area contributed by atoms with E-state index < -0.39 is 35.3 Å². The summed E-state index contributed by atoms with van der Waals surface area (Å²) in [6.07, 6.45) is 2.13. The van der Waals surface area contributed by atoms with Crippen LogP contribution in [0, 0.1) is 5.82 Å². The van der Waals surface area contributed by atoms with E-state index in [0.29, 0.717) is 22.3 Å². The second-order valence-electron chi connectivity index (χ2n) is 8.89. The first-order valence-corrected chi connectivity index (χ1v) is 10.8. The van der Waals surface area contributed by atoms with E-state index in [1.54, 1.807) is 45.0 Å². The molecule has 0 aliphatic heterocycles. The third kappa shape index (κ3) is 6.70. The molecule has 0 aliphatic carbocycles. The Balaban J connectivity index is 2.05. The Labute approximate surface area is 201 Å². The molecule has 0 bridgehead atoms. The molecule has 0 radical (unpaired) electrons. The Hall–Kier alpha value is -4.11. The largest absolute Gasteiger partial charge is 0.481 e. The fourth-order valence-electron chi connectivity index (χ4n) is 3.41. The van der Waals surface area contributed by atoms with Crippen molar-refractivity contribution in [2.45, 2.75) is 38.8 Å². The number of carbonyl (C=O) groups excluding carboxylic acids is 2. The summed E-state index contributed by atoms with van der Waals surface area (Å²) >= 11 is 0. The summed E-state index contributed by atoms with van der Waals surface area (Å²) in [5.41, 5.74) is 7.55. The number of pyridine rings is 1. The van der Waals surface area contributed by atoms with Gasteiger partial charge in [-0.15, -0.1) is 0 Å². The minimum atomic E-state index is -1.16. The van der Waals surface area contributed by atoms with Gasteiger partial charge in [0, 0.05) is 11.8 Å². The number of hydrogen-bond acceptors (Lipinski definition) is 6. The molecular weight excluding hydrogens is 453 g/mol. The van der Waals surface area contributed by atoms with E-state index in [0.717, 1.165) is 6.20 Å². The molecule has 0 saturated heterocycles. The fraction of sp³-hybridized carbons (Fsp3) is 0.231. The number of aliphatic carboxylic acids is 1. The Bertz CT molecular complexity index is 1270. The molecule has 4 N–H and O–H groups in total. The second-order valence-corrected chi connectivity index (χ2v) is 8.89. The molecule has 0 saturated carbocycles. The number of nitrogens with zero attached hydrogens (tertiary/aromatic N) is 1. The van der Waals surface area contributed by atoms with Crippen molar-refractivity contribution in [3.8, 4) is 11.1 Å². The predicted octanol–water partition coefficient (Wildman–Crippen LogP) is 4.11. The standard InChI is InChI=1S/C26H26FN3O5/c1-26(2,3)35-25(34)23(28)18-8-7-17(24(33)30-21-9-10-29-14-20(21)27)13-19(18)16-6-4-5-15(11-16)12-22(31)32/h4-11,13-14,23H,12,28H2,1-3H3,(H,31,32)(H,29,30,33). The lowest BCUT2D eigenvalue weighted by Gasteiger charge is -2.23. The number of carbonyl (C=O) groups is 3. The van der Waals surface area contributed by atoms with Crippen molar-refractivity contribution >= 4 is 23.5 Å². The molecule has 3 rings (SSSR count). The summed E-state index contributed by atoms with van der Waals surface area (Å²) in [4.78, 5) is 40.4. The minimum Gasteiger partial charge on any atom is -0.481 e. The number of ether oxygens (including phenoxy) is 1. The molecule has 0 spiro atoms. The molecule has 182 valence electrons. The predicted molar refractivity (Wildman–Crippen MR) is 128 cm³/mol. The highest BCUT2D eigenvalue weighted by atomic mass is 19.1. The van der Waals surface area contributed by atoms with Crippen molar-refractivity contribution in [2.75, 3.05) is 5.32 Å². The van der Waals surface area contributed by atoms with Gasteiger partial charge in [-0.3, -0.25) is 14.6 Å². The van der Waals surface area contributed by atoms with Crippen molar-refractivity contribution < 1.29 is 28.6 Å². The van der Waals surface area contributed by atoms with Gasteiger partial charge in [-0.25, -0.2) is 9.18 Å². The number of carboxylic acid groups (broad SMARTS) is 1. The van der Waals surface area contributed by atoms with Crippen molar-refractivity contribution in [3.05, 3.63) is 83.4 Å². The molecule has 1 amide bonds. The first-order chi connectivity index (χ1) is 16.4. The van der Waals surface area contributed by atoms with Crippen LogP contribution in [0.25, 0.3) is 11.1 Å². The minimum absolute atomic E-state index is 0.0375. The van der Waals surface area contributed by atoms with Crippen molar-refractivity contribution in [1.29, 1.82) is 0 Å². The van der Waals surface area contributed by atoms with Gasteiger partial charge in [0.15, 0.2) is 5.82 Å². The molecule has 0 aliphatic rings. The summed E-state index contributed by atoms with van der Waals surface area (Å²) in [6, 6.07) is 11.4. The number of nitrogens with two attached hydrogens (primary N) is 1. The molecule has 8 nitrogen and oxygen atoms in total. The lowest BCUT2D eigenvalue weighted by molar-refractivity contribution is -0.156. The van der Waals surface area contributed by atoms with Crippen molar-refractivity contribution in [2.24, 2.45) is 5.73 Å². The van der Waals surface area contributed by atoms with Crippen LogP contribution in [0.3, 0.4) is 0 Å². The Morgan fingerprint density at radius 1 is 1.14 bits per heavy atom. The van der Waals surface area contributed by atoms with Gasteiger partial charge >= 0.3 is 11.9 Å². The van der Waals surface area contributed by atoms with Gasteiger partial charge in [-0.1, -0.05) is 30.3 Å². The monoisotopic (exact) mass is 479 g/mol. The fourth-order valence-corrected chi connectivity index (χ4v) is 3.41. The van der Waals surface area contributed by atoms with Gasteiger partial charge in [0.2, 0.25) is 0 Å². The maximum absolute atomic E-state index is 14.0. The van der Waals surface area contributed by atoms with Gasteiger partial charge in [0.05, 0.1) is 18.3 Å². The van der Waals surface area contributed by atoms with E-state index in [2.05, 4.69) is 10.3 Å². The molecule has 9 heteroatoms. The first-order valence-electron chi connectivity index (χ1n) is 10.8. The molecule has 0 fully saturated rings. The quantitative estimate of drug-likeness (QED) is 0.435. The van der Waals surface area contributed by atoms with Crippen LogP contribution in [0.2, 0.25) is 0 Å². The molecule has 35 heavy (non-hydrogen) atoms. The highest BCUT2D eigenvalue weighted by Crippen LogP contribution is 2.31. The van der Waals surface area contributed by atoms with Gasteiger partial charge < -0.3 is 20.9 Å².